The fraction of sp³-hybridized carbons (Fsp3) is 0.350. The third-order valence-corrected chi connectivity index (χ3v) is 4.36. The summed E-state index contributed by atoms with van der Waals surface area (Å²) in [6.07, 6.45) is 0.836. The first-order chi connectivity index (χ1) is 11.8. The lowest BCUT2D eigenvalue weighted by molar-refractivity contribution is -0.161. The number of phenols is 1. The molecule has 134 valence electrons. The fourth-order valence-corrected chi connectivity index (χ4v) is 3.03. The lowest BCUT2D eigenvalue weighted by Crippen LogP contribution is -2.41. The first kappa shape index (κ1) is 18.9. The maximum Gasteiger partial charge on any atom is 0.335 e. The van der Waals surface area contributed by atoms with E-state index in [2.05, 4.69) is 0 Å². The molecule has 0 aromatic heterocycles. The van der Waals surface area contributed by atoms with Gasteiger partial charge in [0.1, 0.15) is 11.6 Å². The summed E-state index contributed by atoms with van der Waals surface area (Å²) >= 11 is 0. The Labute approximate surface area is 146 Å². The quantitative estimate of drug-likeness (QED) is 0.683. The van der Waals surface area contributed by atoms with Gasteiger partial charge in [0.05, 0.1) is 0 Å². The first-order valence-electron chi connectivity index (χ1n) is 8.27. The fourth-order valence-electron chi connectivity index (χ4n) is 3.03. The number of carboxylic acid groups (broad SMARTS) is 1. The summed E-state index contributed by atoms with van der Waals surface area (Å²) in [7, 11) is 0. The molecular formula is C20H23FO4. The number of carboxylic acids is 1. The van der Waals surface area contributed by atoms with Gasteiger partial charge in [0.2, 0.25) is 0 Å². The monoisotopic (exact) mass is 346 g/mol. The van der Waals surface area contributed by atoms with E-state index in [1.807, 2.05) is 30.3 Å². The lowest BCUT2D eigenvalue weighted by Gasteiger charge is -2.27. The van der Waals surface area contributed by atoms with E-state index in [9.17, 15) is 24.5 Å². The summed E-state index contributed by atoms with van der Waals surface area (Å²) in [5.74, 6) is -2.00. The molecule has 2 rings (SSSR count). The van der Waals surface area contributed by atoms with E-state index in [1.165, 1.54) is 12.1 Å². The molecule has 0 radical (unpaired) electrons. The number of carbonyl (C=O) groups is 1. The topological polar surface area (TPSA) is 77.8 Å². The van der Waals surface area contributed by atoms with Crippen LogP contribution in [0.1, 0.15) is 30.9 Å². The molecule has 2 atom stereocenters. The molecule has 0 aliphatic heterocycles. The van der Waals surface area contributed by atoms with Crippen LogP contribution in [0.15, 0.2) is 48.5 Å². The maximum atomic E-state index is 13.3. The van der Waals surface area contributed by atoms with Crippen LogP contribution < -0.4 is 0 Å². The summed E-state index contributed by atoms with van der Waals surface area (Å²) in [5, 5.41) is 29.8. The van der Waals surface area contributed by atoms with Crippen molar-refractivity contribution in [1.29, 1.82) is 0 Å². The number of aliphatic hydroxyl groups is 1. The third kappa shape index (κ3) is 5.29. The Hall–Kier alpha value is -2.40. The minimum atomic E-state index is -1.86. The van der Waals surface area contributed by atoms with Crippen LogP contribution in [0.3, 0.4) is 0 Å². The van der Waals surface area contributed by atoms with Gasteiger partial charge >= 0.3 is 5.97 Å². The lowest BCUT2D eigenvalue weighted by atomic mass is 9.83. The summed E-state index contributed by atoms with van der Waals surface area (Å²) in [5.41, 5.74) is -0.501. The Bertz CT molecular complexity index is 717. The minimum Gasteiger partial charge on any atom is -0.508 e. The van der Waals surface area contributed by atoms with Crippen molar-refractivity contribution in [1.82, 2.24) is 0 Å². The second kappa shape index (κ2) is 8.12. The molecule has 2 unspecified atom stereocenters. The molecule has 4 nitrogen and oxygen atoms in total. The van der Waals surface area contributed by atoms with Crippen molar-refractivity contribution in [2.45, 2.75) is 38.2 Å². The van der Waals surface area contributed by atoms with Crippen molar-refractivity contribution in [3.63, 3.8) is 0 Å². The third-order valence-electron chi connectivity index (χ3n) is 4.36. The van der Waals surface area contributed by atoms with Gasteiger partial charge in [-0.05, 0) is 60.9 Å². The molecule has 5 heteroatoms. The van der Waals surface area contributed by atoms with Crippen LogP contribution in [-0.2, 0) is 17.6 Å². The van der Waals surface area contributed by atoms with Gasteiger partial charge in [-0.3, -0.25) is 0 Å². The summed E-state index contributed by atoms with van der Waals surface area (Å²) in [6.45, 7) is 1.78. The molecule has 0 saturated carbocycles. The average molecular weight is 346 g/mol. The van der Waals surface area contributed by atoms with Gasteiger partial charge in [0.15, 0.2) is 5.60 Å². The molecule has 0 amide bonds. The average Bonchev–Trinajstić information content (AvgIpc) is 2.57. The summed E-state index contributed by atoms with van der Waals surface area (Å²) in [4.78, 5) is 11.6. The second-order valence-electron chi connectivity index (χ2n) is 6.61. The van der Waals surface area contributed by atoms with E-state index >= 15 is 0 Å². The van der Waals surface area contributed by atoms with Gasteiger partial charge in [-0.2, -0.15) is 0 Å². The number of hydrogen-bond acceptors (Lipinski definition) is 3. The molecule has 2 aromatic carbocycles. The van der Waals surface area contributed by atoms with Crippen LogP contribution in [0.25, 0.3) is 0 Å². The van der Waals surface area contributed by atoms with Crippen molar-refractivity contribution in [3.8, 4) is 5.75 Å². The van der Waals surface area contributed by atoms with E-state index in [1.54, 1.807) is 6.92 Å². The van der Waals surface area contributed by atoms with Crippen molar-refractivity contribution in [3.05, 3.63) is 65.5 Å². The largest absolute Gasteiger partial charge is 0.508 e. The van der Waals surface area contributed by atoms with E-state index in [0.717, 1.165) is 11.6 Å². The van der Waals surface area contributed by atoms with Crippen LogP contribution in [0.5, 0.6) is 5.75 Å². The number of aliphatic carboxylic acids is 1. The van der Waals surface area contributed by atoms with E-state index in [4.69, 9.17) is 0 Å². The number of halogens is 1. The van der Waals surface area contributed by atoms with Gasteiger partial charge in [0.25, 0.3) is 0 Å². The Morgan fingerprint density at radius 2 is 1.88 bits per heavy atom. The number of aromatic hydroxyl groups is 1. The zero-order valence-electron chi connectivity index (χ0n) is 14.2. The van der Waals surface area contributed by atoms with Crippen molar-refractivity contribution in [2.24, 2.45) is 5.92 Å². The Kier molecular flexibility index (Phi) is 6.15. The van der Waals surface area contributed by atoms with Gasteiger partial charge in [-0.15, -0.1) is 0 Å². The zero-order valence-corrected chi connectivity index (χ0v) is 14.2. The Morgan fingerprint density at radius 1 is 1.20 bits per heavy atom. The number of hydrogen-bond donors (Lipinski definition) is 3. The standard InChI is InChI=1S/C20H23FO4/c1-14(11-16-12-17(21)7-8-18(16)22)13-20(25,19(23)24)10-9-15-5-3-2-4-6-15/h2-8,12,14,22,25H,9-11,13H2,1H3,(H,23,24). The SMILES string of the molecule is CC(Cc1cc(F)ccc1O)CC(O)(CCc1ccccc1)C(=O)O. The second-order valence-corrected chi connectivity index (χ2v) is 6.61. The summed E-state index contributed by atoms with van der Waals surface area (Å²) < 4.78 is 13.3. The van der Waals surface area contributed by atoms with Crippen LogP contribution >= 0.6 is 0 Å². The molecule has 0 fully saturated rings. The van der Waals surface area contributed by atoms with Crippen molar-refractivity contribution in [2.75, 3.05) is 0 Å². The minimum absolute atomic E-state index is 0.0190. The molecular weight excluding hydrogens is 323 g/mol. The highest BCUT2D eigenvalue weighted by Gasteiger charge is 2.37. The molecule has 0 bridgehead atoms. The van der Waals surface area contributed by atoms with Gasteiger partial charge in [0, 0.05) is 0 Å². The van der Waals surface area contributed by atoms with Crippen LogP contribution in [0.2, 0.25) is 0 Å². The normalized spacial score (nSPS) is 14.7. The van der Waals surface area contributed by atoms with E-state index in [-0.39, 0.29) is 30.9 Å². The highest BCUT2D eigenvalue weighted by atomic mass is 19.1. The molecule has 0 aliphatic rings. The Balaban J connectivity index is 2.04. The van der Waals surface area contributed by atoms with Crippen molar-refractivity contribution >= 4 is 5.97 Å². The zero-order chi connectivity index (χ0) is 18.4. The van der Waals surface area contributed by atoms with Gasteiger partial charge < -0.3 is 15.3 Å². The van der Waals surface area contributed by atoms with Crippen LogP contribution in [0.4, 0.5) is 4.39 Å². The van der Waals surface area contributed by atoms with E-state index < -0.39 is 17.4 Å². The molecule has 0 spiro atoms. The predicted molar refractivity (Wildman–Crippen MR) is 92.9 cm³/mol. The van der Waals surface area contributed by atoms with E-state index in [0.29, 0.717) is 12.0 Å². The molecule has 2 aromatic rings. The van der Waals surface area contributed by atoms with Crippen LogP contribution in [-0.4, -0.2) is 26.9 Å². The molecule has 0 saturated heterocycles. The predicted octanol–water partition coefficient (Wildman–Crippen LogP) is 3.55. The molecule has 3 N–H and O–H groups in total. The maximum absolute atomic E-state index is 13.3. The molecule has 25 heavy (non-hydrogen) atoms. The number of rotatable bonds is 8. The number of phenolic OH excluding ortho intramolecular Hbond substituents is 1. The smallest absolute Gasteiger partial charge is 0.335 e. The first-order valence-corrected chi connectivity index (χ1v) is 8.27. The summed E-state index contributed by atoms with van der Waals surface area (Å²) in [6, 6.07) is 13.0. The van der Waals surface area contributed by atoms with Gasteiger partial charge in [-0.25, -0.2) is 9.18 Å². The Morgan fingerprint density at radius 3 is 2.52 bits per heavy atom. The molecule has 0 heterocycles. The number of aryl methyl sites for hydroxylation is 1. The highest BCUT2D eigenvalue weighted by Crippen LogP contribution is 2.28. The van der Waals surface area contributed by atoms with Gasteiger partial charge in [-0.1, -0.05) is 37.3 Å². The van der Waals surface area contributed by atoms with Crippen molar-refractivity contribution < 1.29 is 24.5 Å². The molecule has 0 aliphatic carbocycles. The number of benzene rings is 2. The van der Waals surface area contributed by atoms with Crippen LogP contribution in [0, 0.1) is 11.7 Å². The highest BCUT2D eigenvalue weighted by molar-refractivity contribution is 5.77.